The van der Waals surface area contributed by atoms with Crippen LogP contribution in [0.1, 0.15) is 44.1 Å². The van der Waals surface area contributed by atoms with Crippen LogP contribution >= 0.6 is 0 Å². The van der Waals surface area contributed by atoms with Crippen LogP contribution in [0.2, 0.25) is 0 Å². The van der Waals surface area contributed by atoms with Crippen LogP contribution in [0, 0.1) is 17.8 Å². The van der Waals surface area contributed by atoms with E-state index in [1.165, 1.54) is 50.7 Å². The van der Waals surface area contributed by atoms with Gasteiger partial charge in [0, 0.05) is 24.9 Å². The van der Waals surface area contributed by atoms with Gasteiger partial charge < -0.3 is 10.6 Å². The van der Waals surface area contributed by atoms with Gasteiger partial charge in [-0.05, 0) is 55.2 Å². The molecule has 4 fully saturated rings. The van der Waals surface area contributed by atoms with E-state index in [4.69, 9.17) is 0 Å². The van der Waals surface area contributed by atoms with Gasteiger partial charge in [-0.15, -0.1) is 0 Å². The fourth-order valence-electron chi connectivity index (χ4n) is 5.72. The van der Waals surface area contributed by atoms with Gasteiger partial charge in [0.15, 0.2) is 6.54 Å². The molecule has 4 aliphatic carbocycles. The number of halogens is 3. The summed E-state index contributed by atoms with van der Waals surface area (Å²) >= 11 is 0. The summed E-state index contributed by atoms with van der Waals surface area (Å²) in [4.78, 5) is 12.2. The summed E-state index contributed by atoms with van der Waals surface area (Å²) in [6.07, 6.45) is 3.23. The van der Waals surface area contributed by atoms with Crippen LogP contribution in [0.15, 0.2) is 24.3 Å². The van der Waals surface area contributed by atoms with E-state index in [1.807, 2.05) is 0 Å². The van der Waals surface area contributed by atoms with Crippen LogP contribution in [0.3, 0.4) is 0 Å². The topological polar surface area (TPSA) is 45.7 Å². The third-order valence-corrected chi connectivity index (χ3v) is 6.28. The average molecular weight is 353 g/mol. The third kappa shape index (κ3) is 3.54. The van der Waals surface area contributed by atoms with Gasteiger partial charge in [0.05, 0.1) is 11.1 Å². The number of amides is 1. The normalized spacial score (nSPS) is 33.5. The number of hydrogen-bond acceptors (Lipinski definition) is 1. The van der Waals surface area contributed by atoms with E-state index in [0.29, 0.717) is 0 Å². The maximum absolute atomic E-state index is 12.8. The molecule has 25 heavy (non-hydrogen) atoms. The molecule has 4 aliphatic rings. The number of anilines is 1. The van der Waals surface area contributed by atoms with Crippen molar-refractivity contribution in [1.82, 2.24) is 0 Å². The maximum Gasteiger partial charge on any atom is 0.416 e. The minimum atomic E-state index is -4.40. The molecule has 0 heterocycles. The van der Waals surface area contributed by atoms with Crippen molar-refractivity contribution in [3.05, 3.63) is 29.8 Å². The molecule has 4 saturated carbocycles. The Kier molecular flexibility index (Phi) is 4.06. The molecule has 0 radical (unpaired) electrons. The number of alkyl halides is 3. The van der Waals surface area contributed by atoms with Crippen LogP contribution in [0.4, 0.5) is 18.9 Å². The SMILES string of the molecule is O=C(C[NH2+]C12CC3CC(CC(C3)C1)C2)Nc1cccc(C(F)(F)F)c1. The van der Waals surface area contributed by atoms with Crippen LogP contribution in [-0.2, 0) is 11.0 Å². The molecule has 4 bridgehead atoms. The van der Waals surface area contributed by atoms with E-state index in [0.717, 1.165) is 29.9 Å². The first-order chi connectivity index (χ1) is 11.8. The highest BCUT2D eigenvalue weighted by Crippen LogP contribution is 2.54. The Hall–Kier alpha value is -1.56. The van der Waals surface area contributed by atoms with E-state index < -0.39 is 11.7 Å². The van der Waals surface area contributed by atoms with E-state index in [2.05, 4.69) is 10.6 Å². The first-order valence-corrected chi connectivity index (χ1v) is 9.13. The fourth-order valence-corrected chi connectivity index (χ4v) is 5.72. The minimum Gasteiger partial charge on any atom is -0.334 e. The standard InChI is InChI=1S/C19H23F3N2O/c20-19(21,22)15-2-1-3-16(7-15)24-17(25)11-23-18-8-12-4-13(9-18)6-14(5-12)10-18/h1-3,7,12-14,23H,4-6,8-11H2,(H,24,25)/p+1. The predicted molar refractivity (Wildman–Crippen MR) is 87.8 cm³/mol. The molecule has 3 nitrogen and oxygen atoms in total. The zero-order valence-corrected chi connectivity index (χ0v) is 14.1. The second-order valence-corrected chi connectivity index (χ2v) is 8.31. The summed E-state index contributed by atoms with van der Waals surface area (Å²) in [6, 6.07) is 4.82. The van der Waals surface area contributed by atoms with Gasteiger partial charge >= 0.3 is 6.18 Å². The van der Waals surface area contributed by atoms with Crippen LogP contribution in [0.25, 0.3) is 0 Å². The molecule has 0 saturated heterocycles. The van der Waals surface area contributed by atoms with Gasteiger partial charge in [-0.2, -0.15) is 13.2 Å². The molecule has 0 aliphatic heterocycles. The van der Waals surface area contributed by atoms with Gasteiger partial charge in [-0.3, -0.25) is 4.79 Å². The van der Waals surface area contributed by atoms with Crippen molar-refractivity contribution in [3.8, 4) is 0 Å². The monoisotopic (exact) mass is 353 g/mol. The second kappa shape index (κ2) is 6.01. The quantitative estimate of drug-likeness (QED) is 0.858. The van der Waals surface area contributed by atoms with E-state index in [9.17, 15) is 18.0 Å². The van der Waals surface area contributed by atoms with Crippen molar-refractivity contribution in [2.45, 2.75) is 50.2 Å². The van der Waals surface area contributed by atoms with Crippen molar-refractivity contribution in [2.24, 2.45) is 17.8 Å². The molecule has 0 atom stereocenters. The highest BCUT2D eigenvalue weighted by molar-refractivity contribution is 5.91. The predicted octanol–water partition coefficient (Wildman–Crippen LogP) is 3.18. The number of hydrogen-bond donors (Lipinski definition) is 2. The lowest BCUT2D eigenvalue weighted by Gasteiger charge is -2.54. The Morgan fingerprint density at radius 1 is 1.12 bits per heavy atom. The molecule has 1 aromatic rings. The number of rotatable bonds is 4. The molecule has 5 rings (SSSR count). The lowest BCUT2D eigenvalue weighted by Crippen LogP contribution is -3.00. The van der Waals surface area contributed by atoms with Crippen molar-refractivity contribution in [3.63, 3.8) is 0 Å². The van der Waals surface area contributed by atoms with E-state index in [-0.39, 0.29) is 23.7 Å². The summed E-state index contributed by atoms with van der Waals surface area (Å²) in [5, 5.41) is 4.78. The second-order valence-electron chi connectivity index (χ2n) is 8.31. The molecule has 0 unspecified atom stereocenters. The number of quaternary nitrogens is 1. The molecule has 0 aromatic heterocycles. The van der Waals surface area contributed by atoms with Crippen molar-refractivity contribution in [2.75, 3.05) is 11.9 Å². The molecular formula is C19H24F3N2O+. The first kappa shape index (κ1) is 16.9. The van der Waals surface area contributed by atoms with Crippen molar-refractivity contribution in [1.29, 1.82) is 0 Å². The Balaban J connectivity index is 1.36. The number of carbonyl (C=O) groups is 1. The summed E-state index contributed by atoms with van der Waals surface area (Å²) < 4.78 is 38.3. The smallest absolute Gasteiger partial charge is 0.334 e. The summed E-state index contributed by atoms with van der Waals surface area (Å²) in [7, 11) is 0. The average Bonchev–Trinajstić information content (AvgIpc) is 2.51. The van der Waals surface area contributed by atoms with Gasteiger partial charge in [0.2, 0.25) is 0 Å². The van der Waals surface area contributed by atoms with Gasteiger partial charge in [0.1, 0.15) is 0 Å². The number of nitrogens with one attached hydrogen (secondary N) is 1. The van der Waals surface area contributed by atoms with Crippen LogP contribution < -0.4 is 10.6 Å². The molecule has 1 amide bonds. The summed E-state index contributed by atoms with van der Waals surface area (Å²) in [5.74, 6) is 2.21. The van der Waals surface area contributed by atoms with E-state index >= 15 is 0 Å². The van der Waals surface area contributed by atoms with Gasteiger partial charge in [-0.25, -0.2) is 0 Å². The summed E-state index contributed by atoms with van der Waals surface area (Å²) in [5.41, 5.74) is -0.339. The minimum absolute atomic E-state index is 0.194. The lowest BCUT2D eigenvalue weighted by molar-refractivity contribution is -0.729. The Bertz CT molecular complexity index is 636. The summed E-state index contributed by atoms with van der Waals surface area (Å²) in [6.45, 7) is 0.280. The van der Waals surface area contributed by atoms with E-state index in [1.54, 1.807) is 0 Å². The Labute approximate surface area is 145 Å². The van der Waals surface area contributed by atoms with Crippen LogP contribution in [0.5, 0.6) is 0 Å². The third-order valence-electron chi connectivity index (χ3n) is 6.28. The van der Waals surface area contributed by atoms with Crippen LogP contribution in [-0.4, -0.2) is 18.0 Å². The van der Waals surface area contributed by atoms with Crippen molar-refractivity contribution < 1.29 is 23.3 Å². The highest BCUT2D eigenvalue weighted by atomic mass is 19.4. The Morgan fingerprint density at radius 2 is 1.72 bits per heavy atom. The fraction of sp³-hybridized carbons (Fsp3) is 0.632. The van der Waals surface area contributed by atoms with Gasteiger partial charge in [-0.1, -0.05) is 6.07 Å². The molecule has 0 spiro atoms. The maximum atomic E-state index is 12.8. The van der Waals surface area contributed by atoms with Crippen molar-refractivity contribution >= 4 is 11.6 Å². The zero-order valence-electron chi connectivity index (χ0n) is 14.1. The first-order valence-electron chi connectivity index (χ1n) is 9.13. The number of nitrogens with two attached hydrogens (primary N) is 1. The lowest BCUT2D eigenvalue weighted by atomic mass is 9.53. The molecule has 1 aromatic carbocycles. The number of carbonyl (C=O) groups excluding carboxylic acids is 1. The largest absolute Gasteiger partial charge is 0.416 e. The highest BCUT2D eigenvalue weighted by Gasteiger charge is 2.53. The molecule has 3 N–H and O–H groups in total. The van der Waals surface area contributed by atoms with Gasteiger partial charge in [0.25, 0.3) is 5.91 Å². The molecular weight excluding hydrogens is 329 g/mol. The zero-order chi connectivity index (χ0) is 17.7. The molecule has 136 valence electrons. The Morgan fingerprint density at radius 3 is 2.28 bits per heavy atom. The molecule has 6 heteroatoms. The number of benzene rings is 1.